The molecule has 3 rings (SSSR count). The van der Waals surface area contributed by atoms with Crippen LogP contribution in [0.4, 0.5) is 0 Å². The third-order valence-electron chi connectivity index (χ3n) is 6.10. The standard InChI is InChI=1S/C22H33N3O2S/c1-14(2)19-11-17(12-22-24-20-8-6-7-9-21(20)25-22)16(5)10-18(19)13-23-28(26,27)15(3)4/h6-10,14-15,17-19,23H,11-13H2,1-5H3,(H,24,25)/t17-,18-,19-/m0/s1. The molecule has 0 fully saturated rings. The number of benzene rings is 1. The van der Waals surface area contributed by atoms with E-state index < -0.39 is 15.3 Å². The third kappa shape index (κ3) is 4.66. The molecule has 1 aliphatic carbocycles. The fraction of sp³-hybridized carbons (Fsp3) is 0.591. The lowest BCUT2D eigenvalue weighted by Gasteiger charge is -2.37. The minimum absolute atomic E-state index is 0.237. The number of aromatic amines is 1. The molecule has 2 N–H and O–H groups in total. The summed E-state index contributed by atoms with van der Waals surface area (Å²) in [4.78, 5) is 8.19. The lowest BCUT2D eigenvalue weighted by atomic mass is 9.70. The number of aromatic nitrogens is 2. The number of nitrogens with one attached hydrogen (secondary N) is 2. The van der Waals surface area contributed by atoms with Crippen molar-refractivity contribution in [1.82, 2.24) is 14.7 Å². The van der Waals surface area contributed by atoms with E-state index >= 15 is 0 Å². The molecule has 0 amide bonds. The molecule has 0 spiro atoms. The SMILES string of the molecule is CC1=C[C@@H](CNS(=O)(=O)C(C)C)[C@H](C(C)C)C[C@H]1Cc1nc2ccccc2[nH]1. The predicted molar refractivity (Wildman–Crippen MR) is 116 cm³/mol. The van der Waals surface area contributed by atoms with Gasteiger partial charge in [0.1, 0.15) is 5.82 Å². The number of para-hydroxylation sites is 2. The van der Waals surface area contributed by atoms with Crippen LogP contribution in [0, 0.1) is 23.7 Å². The number of allylic oxidation sites excluding steroid dienone is 1. The summed E-state index contributed by atoms with van der Waals surface area (Å²) >= 11 is 0. The Morgan fingerprint density at radius 3 is 2.57 bits per heavy atom. The van der Waals surface area contributed by atoms with Crippen LogP contribution in [0.2, 0.25) is 0 Å². The first-order valence-electron chi connectivity index (χ1n) is 10.3. The minimum atomic E-state index is -3.24. The van der Waals surface area contributed by atoms with E-state index in [9.17, 15) is 8.42 Å². The van der Waals surface area contributed by atoms with Crippen molar-refractivity contribution in [3.05, 3.63) is 41.7 Å². The van der Waals surface area contributed by atoms with E-state index in [0.29, 0.717) is 24.3 Å². The van der Waals surface area contributed by atoms with E-state index in [4.69, 9.17) is 4.98 Å². The van der Waals surface area contributed by atoms with Gasteiger partial charge >= 0.3 is 0 Å². The average molecular weight is 404 g/mol. The van der Waals surface area contributed by atoms with Crippen molar-refractivity contribution in [1.29, 1.82) is 0 Å². The number of rotatable bonds is 7. The second-order valence-corrected chi connectivity index (χ2v) is 11.1. The van der Waals surface area contributed by atoms with Gasteiger partial charge in [-0.2, -0.15) is 0 Å². The number of sulfonamides is 1. The van der Waals surface area contributed by atoms with Gasteiger partial charge < -0.3 is 4.98 Å². The normalized spacial score (nSPS) is 23.5. The molecule has 0 aliphatic heterocycles. The highest BCUT2D eigenvalue weighted by Crippen LogP contribution is 2.38. The van der Waals surface area contributed by atoms with Crippen molar-refractivity contribution in [2.75, 3.05) is 6.54 Å². The van der Waals surface area contributed by atoms with Gasteiger partial charge in [-0.1, -0.05) is 37.6 Å². The van der Waals surface area contributed by atoms with Crippen LogP contribution < -0.4 is 4.72 Å². The summed E-state index contributed by atoms with van der Waals surface area (Å²) in [6.45, 7) is 10.6. The molecular weight excluding hydrogens is 370 g/mol. The Morgan fingerprint density at radius 2 is 1.93 bits per heavy atom. The van der Waals surface area contributed by atoms with Crippen LogP contribution in [0.1, 0.15) is 46.9 Å². The topological polar surface area (TPSA) is 74.8 Å². The van der Waals surface area contributed by atoms with E-state index in [-0.39, 0.29) is 5.92 Å². The van der Waals surface area contributed by atoms with Gasteiger partial charge in [-0.15, -0.1) is 0 Å². The molecule has 1 aromatic heterocycles. The maximum absolute atomic E-state index is 12.2. The van der Waals surface area contributed by atoms with Crippen molar-refractivity contribution in [2.24, 2.45) is 23.7 Å². The molecule has 6 heteroatoms. The third-order valence-corrected chi connectivity index (χ3v) is 7.91. The zero-order valence-electron chi connectivity index (χ0n) is 17.6. The van der Waals surface area contributed by atoms with Crippen LogP contribution in [0.15, 0.2) is 35.9 Å². The Bertz CT molecular complexity index is 911. The summed E-state index contributed by atoms with van der Waals surface area (Å²) < 4.78 is 27.2. The number of imidazole rings is 1. The molecule has 28 heavy (non-hydrogen) atoms. The number of hydrogen-bond donors (Lipinski definition) is 2. The van der Waals surface area contributed by atoms with Gasteiger partial charge in [0.15, 0.2) is 0 Å². The molecule has 154 valence electrons. The number of fused-ring (bicyclic) bond motifs is 1. The summed E-state index contributed by atoms with van der Waals surface area (Å²) in [7, 11) is -3.24. The fourth-order valence-electron chi connectivity index (χ4n) is 4.22. The van der Waals surface area contributed by atoms with E-state index in [1.165, 1.54) is 5.57 Å². The quantitative estimate of drug-likeness (QED) is 0.677. The van der Waals surface area contributed by atoms with Gasteiger partial charge in [-0.05, 0) is 63.0 Å². The Labute approximate surface area is 169 Å². The summed E-state index contributed by atoms with van der Waals surface area (Å²) in [5.74, 6) is 2.65. The van der Waals surface area contributed by atoms with Gasteiger partial charge in [0.05, 0.1) is 16.3 Å². The van der Waals surface area contributed by atoms with Gasteiger partial charge in [-0.25, -0.2) is 18.1 Å². The molecule has 0 bridgehead atoms. The van der Waals surface area contributed by atoms with Crippen molar-refractivity contribution >= 4 is 21.1 Å². The summed E-state index contributed by atoms with van der Waals surface area (Å²) in [5, 5.41) is -0.403. The minimum Gasteiger partial charge on any atom is -0.342 e. The van der Waals surface area contributed by atoms with E-state index in [1.54, 1.807) is 13.8 Å². The first kappa shape index (κ1) is 21.1. The van der Waals surface area contributed by atoms with Crippen LogP contribution in [-0.4, -0.2) is 30.2 Å². The number of hydrogen-bond acceptors (Lipinski definition) is 3. The largest absolute Gasteiger partial charge is 0.342 e. The van der Waals surface area contributed by atoms with Crippen molar-refractivity contribution in [3.63, 3.8) is 0 Å². The zero-order chi connectivity index (χ0) is 20.5. The van der Waals surface area contributed by atoms with Crippen LogP contribution in [0.3, 0.4) is 0 Å². The average Bonchev–Trinajstić information content (AvgIpc) is 3.03. The fourth-order valence-corrected chi connectivity index (χ4v) is 4.98. The molecule has 5 nitrogen and oxygen atoms in total. The second kappa shape index (κ2) is 8.37. The van der Waals surface area contributed by atoms with Crippen LogP contribution in [-0.2, 0) is 16.4 Å². The maximum atomic E-state index is 12.2. The highest BCUT2D eigenvalue weighted by atomic mass is 32.2. The van der Waals surface area contributed by atoms with Crippen molar-refractivity contribution in [2.45, 2.75) is 52.7 Å². The monoisotopic (exact) mass is 403 g/mol. The Balaban J connectivity index is 1.76. The Morgan fingerprint density at radius 1 is 1.21 bits per heavy atom. The molecule has 0 radical (unpaired) electrons. The first-order chi connectivity index (χ1) is 13.2. The smallest absolute Gasteiger partial charge is 0.213 e. The predicted octanol–water partition coefficient (Wildman–Crippen LogP) is 4.29. The Kier molecular flexibility index (Phi) is 6.30. The van der Waals surface area contributed by atoms with E-state index in [1.807, 2.05) is 18.2 Å². The lowest BCUT2D eigenvalue weighted by Crippen LogP contribution is -2.39. The molecule has 1 aliphatic rings. The van der Waals surface area contributed by atoms with Gasteiger partial charge in [0.25, 0.3) is 0 Å². The molecule has 0 saturated heterocycles. The first-order valence-corrected chi connectivity index (χ1v) is 11.8. The Hall–Kier alpha value is -1.66. The molecule has 0 saturated carbocycles. The second-order valence-electron chi connectivity index (χ2n) is 8.76. The highest BCUT2D eigenvalue weighted by molar-refractivity contribution is 7.90. The maximum Gasteiger partial charge on any atom is 0.213 e. The molecule has 0 unspecified atom stereocenters. The summed E-state index contributed by atoms with van der Waals surface area (Å²) in [6.07, 6.45) is 4.25. The van der Waals surface area contributed by atoms with E-state index in [0.717, 1.165) is 29.7 Å². The van der Waals surface area contributed by atoms with Crippen LogP contribution in [0.25, 0.3) is 11.0 Å². The van der Waals surface area contributed by atoms with Crippen LogP contribution >= 0.6 is 0 Å². The molecule has 3 atom stereocenters. The number of H-pyrrole nitrogens is 1. The molecule has 1 aromatic carbocycles. The molecule has 1 heterocycles. The summed E-state index contributed by atoms with van der Waals surface area (Å²) in [5.41, 5.74) is 3.43. The lowest BCUT2D eigenvalue weighted by molar-refractivity contribution is 0.227. The van der Waals surface area contributed by atoms with Crippen LogP contribution in [0.5, 0.6) is 0 Å². The van der Waals surface area contributed by atoms with E-state index in [2.05, 4.69) is 42.6 Å². The summed E-state index contributed by atoms with van der Waals surface area (Å²) in [6, 6.07) is 8.12. The highest BCUT2D eigenvalue weighted by Gasteiger charge is 2.33. The van der Waals surface area contributed by atoms with Gasteiger partial charge in [0.2, 0.25) is 10.0 Å². The van der Waals surface area contributed by atoms with Crippen molar-refractivity contribution in [3.8, 4) is 0 Å². The molecular formula is C22H33N3O2S. The number of nitrogens with zero attached hydrogens (tertiary/aromatic N) is 1. The van der Waals surface area contributed by atoms with Crippen molar-refractivity contribution < 1.29 is 8.42 Å². The van der Waals surface area contributed by atoms with Gasteiger partial charge in [-0.3, -0.25) is 0 Å². The zero-order valence-corrected chi connectivity index (χ0v) is 18.4. The molecule has 2 aromatic rings. The van der Waals surface area contributed by atoms with Gasteiger partial charge in [0, 0.05) is 13.0 Å².